The van der Waals surface area contributed by atoms with Crippen molar-refractivity contribution in [3.63, 3.8) is 0 Å². The standard InChI is InChI=1S/C16H19NO3S/c1-4-12-13(14(15(17)21-12)16(18)19-3)10-8-6-7-9-11(10)20-5-2/h6-9H,4-5,17H2,1-3H3. The van der Waals surface area contributed by atoms with Gasteiger partial charge in [-0.1, -0.05) is 25.1 Å². The van der Waals surface area contributed by atoms with Crippen LogP contribution >= 0.6 is 11.3 Å². The first-order valence-electron chi connectivity index (χ1n) is 6.85. The molecule has 4 nitrogen and oxygen atoms in total. The summed E-state index contributed by atoms with van der Waals surface area (Å²) in [7, 11) is 1.36. The van der Waals surface area contributed by atoms with Gasteiger partial charge in [0.15, 0.2) is 0 Å². The van der Waals surface area contributed by atoms with Gasteiger partial charge >= 0.3 is 5.97 Å². The van der Waals surface area contributed by atoms with Crippen molar-refractivity contribution in [1.29, 1.82) is 0 Å². The van der Waals surface area contributed by atoms with Gasteiger partial charge in [-0.3, -0.25) is 0 Å². The van der Waals surface area contributed by atoms with Gasteiger partial charge in [-0.15, -0.1) is 11.3 Å². The van der Waals surface area contributed by atoms with E-state index in [0.717, 1.165) is 28.2 Å². The van der Waals surface area contributed by atoms with Crippen molar-refractivity contribution in [3.8, 4) is 16.9 Å². The molecular formula is C16H19NO3S. The molecule has 0 aliphatic carbocycles. The van der Waals surface area contributed by atoms with Gasteiger partial charge in [-0.2, -0.15) is 0 Å². The SMILES string of the molecule is CCOc1ccccc1-c1c(CC)sc(N)c1C(=O)OC. The molecule has 112 valence electrons. The Labute approximate surface area is 128 Å². The lowest BCUT2D eigenvalue weighted by Crippen LogP contribution is -2.05. The monoisotopic (exact) mass is 305 g/mol. The quantitative estimate of drug-likeness (QED) is 0.855. The average Bonchev–Trinajstić information content (AvgIpc) is 2.84. The van der Waals surface area contributed by atoms with Crippen LogP contribution in [-0.2, 0) is 11.2 Å². The van der Waals surface area contributed by atoms with Crippen LogP contribution in [0.15, 0.2) is 24.3 Å². The summed E-state index contributed by atoms with van der Waals surface area (Å²) in [6.07, 6.45) is 0.793. The number of carbonyl (C=O) groups excluding carboxylic acids is 1. The fourth-order valence-electron chi connectivity index (χ4n) is 2.29. The highest BCUT2D eigenvalue weighted by Gasteiger charge is 2.25. The molecule has 1 aromatic heterocycles. The van der Waals surface area contributed by atoms with Gasteiger partial charge in [-0.25, -0.2) is 4.79 Å². The van der Waals surface area contributed by atoms with Crippen LogP contribution in [0.25, 0.3) is 11.1 Å². The lowest BCUT2D eigenvalue weighted by atomic mass is 9.99. The number of ether oxygens (including phenoxy) is 2. The average molecular weight is 305 g/mol. The zero-order chi connectivity index (χ0) is 15.4. The number of anilines is 1. The number of para-hydroxylation sites is 1. The molecule has 0 saturated carbocycles. The highest BCUT2D eigenvalue weighted by atomic mass is 32.1. The lowest BCUT2D eigenvalue weighted by molar-refractivity contribution is 0.0603. The Morgan fingerprint density at radius 3 is 2.62 bits per heavy atom. The summed E-state index contributed by atoms with van der Waals surface area (Å²) in [6, 6.07) is 7.67. The Morgan fingerprint density at radius 1 is 1.29 bits per heavy atom. The van der Waals surface area contributed by atoms with E-state index in [9.17, 15) is 4.79 Å². The molecule has 2 aromatic rings. The number of methoxy groups -OCH3 is 1. The first-order chi connectivity index (χ1) is 10.1. The molecular weight excluding hydrogens is 286 g/mol. The number of thiophene rings is 1. The number of rotatable bonds is 5. The highest BCUT2D eigenvalue weighted by molar-refractivity contribution is 7.17. The van der Waals surface area contributed by atoms with Crippen molar-refractivity contribution in [3.05, 3.63) is 34.7 Å². The normalized spacial score (nSPS) is 10.4. The Morgan fingerprint density at radius 2 is 2.00 bits per heavy atom. The second-order valence-electron chi connectivity index (χ2n) is 4.41. The summed E-state index contributed by atoms with van der Waals surface area (Å²) in [5, 5.41) is 0.486. The molecule has 0 aliphatic heterocycles. The Balaban J connectivity index is 2.70. The number of nitrogens with two attached hydrogens (primary N) is 1. The second kappa shape index (κ2) is 6.63. The number of aryl methyl sites for hydroxylation is 1. The third-order valence-corrected chi connectivity index (χ3v) is 4.34. The van der Waals surface area contributed by atoms with E-state index in [1.807, 2.05) is 38.1 Å². The van der Waals surface area contributed by atoms with Gasteiger partial charge in [-0.05, 0) is 19.4 Å². The Kier molecular flexibility index (Phi) is 4.85. The van der Waals surface area contributed by atoms with Crippen molar-refractivity contribution in [2.75, 3.05) is 19.5 Å². The molecule has 0 saturated heterocycles. The van der Waals surface area contributed by atoms with Crippen LogP contribution in [0.5, 0.6) is 5.75 Å². The van der Waals surface area contributed by atoms with Crippen LogP contribution in [0.1, 0.15) is 29.1 Å². The molecule has 1 aromatic carbocycles. The number of benzene rings is 1. The van der Waals surface area contributed by atoms with E-state index < -0.39 is 5.97 Å². The van der Waals surface area contributed by atoms with Crippen molar-refractivity contribution >= 4 is 22.3 Å². The minimum absolute atomic E-state index is 0.412. The van der Waals surface area contributed by atoms with Gasteiger partial charge in [0.05, 0.1) is 13.7 Å². The van der Waals surface area contributed by atoms with Crippen molar-refractivity contribution in [1.82, 2.24) is 0 Å². The summed E-state index contributed by atoms with van der Waals surface area (Å²) in [6.45, 7) is 4.53. The number of esters is 1. The maximum Gasteiger partial charge on any atom is 0.341 e. The zero-order valence-corrected chi connectivity index (χ0v) is 13.3. The molecule has 0 bridgehead atoms. The van der Waals surface area contributed by atoms with Gasteiger partial charge in [0, 0.05) is 16.0 Å². The Hall–Kier alpha value is -2.01. The number of carbonyl (C=O) groups is 1. The number of hydrogen-bond acceptors (Lipinski definition) is 5. The molecule has 1 heterocycles. The molecule has 0 atom stereocenters. The smallest absolute Gasteiger partial charge is 0.341 e. The third kappa shape index (κ3) is 2.88. The third-order valence-electron chi connectivity index (χ3n) is 3.18. The summed E-state index contributed by atoms with van der Waals surface area (Å²) >= 11 is 1.43. The molecule has 2 N–H and O–H groups in total. The fourth-order valence-corrected chi connectivity index (χ4v) is 3.30. The lowest BCUT2D eigenvalue weighted by Gasteiger charge is -2.12. The van der Waals surface area contributed by atoms with Crippen molar-refractivity contribution in [2.24, 2.45) is 0 Å². The van der Waals surface area contributed by atoms with E-state index in [-0.39, 0.29) is 0 Å². The molecule has 0 unspecified atom stereocenters. The van der Waals surface area contributed by atoms with Crippen molar-refractivity contribution in [2.45, 2.75) is 20.3 Å². The van der Waals surface area contributed by atoms with Crippen LogP contribution < -0.4 is 10.5 Å². The maximum absolute atomic E-state index is 12.1. The summed E-state index contributed by atoms with van der Waals surface area (Å²) in [4.78, 5) is 13.1. The van der Waals surface area contributed by atoms with E-state index >= 15 is 0 Å². The van der Waals surface area contributed by atoms with E-state index in [1.165, 1.54) is 18.4 Å². The van der Waals surface area contributed by atoms with Crippen LogP contribution in [0.4, 0.5) is 5.00 Å². The highest BCUT2D eigenvalue weighted by Crippen LogP contribution is 2.42. The fraction of sp³-hybridized carbons (Fsp3) is 0.312. The number of nitrogen functional groups attached to an aromatic ring is 1. The second-order valence-corrected chi connectivity index (χ2v) is 5.55. The van der Waals surface area contributed by atoms with E-state index in [1.54, 1.807) is 0 Å². The predicted octanol–water partition coefficient (Wildman–Crippen LogP) is 3.75. The number of hydrogen-bond donors (Lipinski definition) is 1. The van der Waals surface area contributed by atoms with Gasteiger partial charge in [0.2, 0.25) is 0 Å². The van der Waals surface area contributed by atoms with Crippen LogP contribution in [0.2, 0.25) is 0 Å². The molecule has 0 amide bonds. The minimum atomic E-state index is -0.412. The molecule has 0 spiro atoms. The van der Waals surface area contributed by atoms with Gasteiger partial charge in [0.1, 0.15) is 16.3 Å². The molecule has 21 heavy (non-hydrogen) atoms. The molecule has 5 heteroatoms. The first kappa shape index (κ1) is 15.4. The van der Waals surface area contributed by atoms with Crippen LogP contribution in [0, 0.1) is 0 Å². The minimum Gasteiger partial charge on any atom is -0.493 e. The van der Waals surface area contributed by atoms with Crippen molar-refractivity contribution < 1.29 is 14.3 Å². The Bertz CT molecular complexity index is 649. The van der Waals surface area contributed by atoms with E-state index in [4.69, 9.17) is 15.2 Å². The van der Waals surface area contributed by atoms with E-state index in [0.29, 0.717) is 17.2 Å². The van der Waals surface area contributed by atoms with Crippen LogP contribution in [-0.4, -0.2) is 19.7 Å². The van der Waals surface area contributed by atoms with E-state index in [2.05, 4.69) is 0 Å². The maximum atomic E-state index is 12.1. The van der Waals surface area contributed by atoms with Gasteiger partial charge < -0.3 is 15.2 Å². The zero-order valence-electron chi connectivity index (χ0n) is 12.4. The van der Waals surface area contributed by atoms with Gasteiger partial charge in [0.25, 0.3) is 0 Å². The molecule has 2 rings (SSSR count). The first-order valence-corrected chi connectivity index (χ1v) is 7.67. The predicted molar refractivity (Wildman–Crippen MR) is 86.1 cm³/mol. The van der Waals surface area contributed by atoms with Crippen LogP contribution in [0.3, 0.4) is 0 Å². The topological polar surface area (TPSA) is 61.5 Å². The molecule has 0 radical (unpaired) electrons. The summed E-state index contributed by atoms with van der Waals surface area (Å²) < 4.78 is 10.6. The molecule has 0 fully saturated rings. The molecule has 0 aliphatic rings. The summed E-state index contributed by atoms with van der Waals surface area (Å²) in [5.74, 6) is 0.336. The largest absolute Gasteiger partial charge is 0.493 e. The summed E-state index contributed by atoms with van der Waals surface area (Å²) in [5.41, 5.74) is 8.18.